The number of rotatable bonds is 4. The summed E-state index contributed by atoms with van der Waals surface area (Å²) >= 11 is 5.80. The molecule has 4 rings (SSSR count). The Morgan fingerprint density at radius 3 is 2.53 bits per heavy atom. The summed E-state index contributed by atoms with van der Waals surface area (Å²) in [5.41, 5.74) is 5.26. The molecule has 10 heteroatoms. The zero-order valence-electron chi connectivity index (χ0n) is 17.7. The fourth-order valence-electron chi connectivity index (χ4n) is 4.37. The summed E-state index contributed by atoms with van der Waals surface area (Å²) in [6.45, 7) is 3.17. The molecule has 7 nitrogen and oxygen atoms in total. The number of hydrogen-bond acceptors (Lipinski definition) is 6. The Hall–Kier alpha value is -2.52. The number of carbonyl (C=O) groups excluding carboxylic acids is 1. The van der Waals surface area contributed by atoms with Crippen molar-refractivity contribution in [3.8, 4) is 0 Å². The van der Waals surface area contributed by atoms with Gasteiger partial charge < -0.3 is 11.1 Å². The van der Waals surface area contributed by atoms with Gasteiger partial charge in [-0.3, -0.25) is 9.79 Å². The zero-order valence-corrected chi connectivity index (χ0v) is 19.3. The number of halogens is 2. The number of nitrogens with zero attached hydrogens (tertiary/aromatic N) is 2. The number of nitrogens with two attached hydrogens (primary N) is 1. The quantitative estimate of drug-likeness (QED) is 0.695. The van der Waals surface area contributed by atoms with E-state index in [2.05, 4.69) is 15.3 Å². The second-order valence-corrected chi connectivity index (χ2v) is 11.6. The lowest BCUT2D eigenvalue weighted by Crippen LogP contribution is -2.61. The molecule has 3 N–H and O–H groups in total. The van der Waals surface area contributed by atoms with Crippen LogP contribution in [0, 0.1) is 11.7 Å². The van der Waals surface area contributed by atoms with Crippen LogP contribution in [0.1, 0.15) is 49.2 Å². The van der Waals surface area contributed by atoms with Crippen LogP contribution in [0.15, 0.2) is 41.5 Å². The van der Waals surface area contributed by atoms with E-state index in [1.54, 1.807) is 13.8 Å². The molecule has 1 unspecified atom stereocenters. The third-order valence-corrected chi connectivity index (χ3v) is 9.64. The van der Waals surface area contributed by atoms with E-state index in [9.17, 15) is 17.6 Å². The first kappa shape index (κ1) is 22.7. The molecule has 1 aromatic carbocycles. The minimum atomic E-state index is -3.72. The van der Waals surface area contributed by atoms with Gasteiger partial charge in [0, 0.05) is 17.4 Å². The molecule has 32 heavy (non-hydrogen) atoms. The van der Waals surface area contributed by atoms with E-state index in [0.29, 0.717) is 5.02 Å². The molecule has 0 radical (unpaired) electrons. The Bertz CT molecular complexity index is 1210. The van der Waals surface area contributed by atoms with Gasteiger partial charge >= 0.3 is 0 Å². The predicted molar refractivity (Wildman–Crippen MR) is 122 cm³/mol. The molecule has 1 aliphatic heterocycles. The number of pyridine rings is 1. The van der Waals surface area contributed by atoms with Crippen LogP contribution < -0.4 is 11.1 Å². The van der Waals surface area contributed by atoms with Gasteiger partial charge in [0.05, 0.1) is 10.8 Å². The lowest BCUT2D eigenvalue weighted by Gasteiger charge is -2.46. The Labute approximate surface area is 191 Å². The molecule has 2 aliphatic rings. The fraction of sp³-hybridized carbons (Fsp3) is 0.409. The van der Waals surface area contributed by atoms with Crippen LogP contribution in [0.3, 0.4) is 0 Å². The molecule has 2 atom stereocenters. The lowest BCUT2D eigenvalue weighted by molar-refractivity contribution is 0.102. The Morgan fingerprint density at radius 2 is 1.97 bits per heavy atom. The van der Waals surface area contributed by atoms with Gasteiger partial charge in [-0.15, -0.1) is 0 Å². The highest BCUT2D eigenvalue weighted by molar-refractivity contribution is 7.93. The van der Waals surface area contributed by atoms with Crippen LogP contribution in [-0.4, -0.2) is 35.6 Å². The summed E-state index contributed by atoms with van der Waals surface area (Å²) in [7, 11) is -3.72. The van der Waals surface area contributed by atoms with E-state index in [4.69, 9.17) is 17.3 Å². The number of amidine groups is 1. The SMILES string of the molecule is CC1(C2CCC2)C(N)=N[C@](C)(c2cc(NC(=O)c3ccc(Cl)cn3)ccc2F)CS1(=O)=O. The number of sulfone groups is 1. The van der Waals surface area contributed by atoms with Crippen molar-refractivity contribution in [2.45, 2.75) is 43.4 Å². The third-order valence-electron chi connectivity index (χ3n) is 6.64. The molecule has 2 heterocycles. The largest absolute Gasteiger partial charge is 0.386 e. The molecule has 2 aromatic rings. The summed E-state index contributed by atoms with van der Waals surface area (Å²) in [5.74, 6) is -1.59. The van der Waals surface area contributed by atoms with E-state index in [0.717, 1.165) is 19.3 Å². The van der Waals surface area contributed by atoms with Gasteiger partial charge in [-0.25, -0.2) is 17.8 Å². The number of benzene rings is 1. The van der Waals surface area contributed by atoms with E-state index >= 15 is 0 Å². The van der Waals surface area contributed by atoms with Crippen molar-refractivity contribution in [2.75, 3.05) is 11.1 Å². The van der Waals surface area contributed by atoms with Gasteiger partial charge in [0.1, 0.15) is 27.6 Å². The summed E-state index contributed by atoms with van der Waals surface area (Å²) < 4.78 is 40.3. The van der Waals surface area contributed by atoms with E-state index < -0.39 is 31.8 Å². The van der Waals surface area contributed by atoms with Crippen molar-refractivity contribution < 1.29 is 17.6 Å². The highest BCUT2D eigenvalue weighted by Crippen LogP contribution is 2.47. The molecular formula is C22H24ClFN4O3S. The predicted octanol–water partition coefficient (Wildman–Crippen LogP) is 3.69. The Kier molecular flexibility index (Phi) is 5.53. The van der Waals surface area contributed by atoms with Crippen molar-refractivity contribution >= 4 is 38.9 Å². The molecular weight excluding hydrogens is 455 g/mol. The van der Waals surface area contributed by atoms with Crippen LogP contribution in [0.25, 0.3) is 0 Å². The fourth-order valence-corrected chi connectivity index (χ4v) is 6.85. The molecule has 0 saturated heterocycles. The average molecular weight is 479 g/mol. The Morgan fingerprint density at radius 1 is 1.25 bits per heavy atom. The van der Waals surface area contributed by atoms with Crippen molar-refractivity contribution in [1.29, 1.82) is 0 Å². The Balaban J connectivity index is 1.69. The molecule has 1 fully saturated rings. The summed E-state index contributed by atoms with van der Waals surface area (Å²) in [4.78, 5) is 21.0. The normalized spacial score (nSPS) is 27.3. The maximum absolute atomic E-state index is 14.9. The van der Waals surface area contributed by atoms with Gasteiger partial charge in [0.25, 0.3) is 5.91 Å². The number of amides is 1. The van der Waals surface area contributed by atoms with Crippen LogP contribution in [0.2, 0.25) is 5.02 Å². The van der Waals surface area contributed by atoms with Crippen molar-refractivity contribution in [2.24, 2.45) is 16.6 Å². The van der Waals surface area contributed by atoms with Crippen LogP contribution in [0.4, 0.5) is 10.1 Å². The molecule has 1 saturated carbocycles. The minimum Gasteiger partial charge on any atom is -0.386 e. The standard InChI is InChI=1S/C22H24ClFN4O3S/c1-21(12-32(30,31)22(2,20(25)28-21)13-4-3-5-13)16-10-15(7-8-17(16)24)27-19(29)18-9-6-14(23)11-26-18/h6-11,13H,3-5,12H2,1-2H3,(H2,25,28)(H,27,29)/t21-,22?/m0/s1. The number of aromatic nitrogens is 1. The zero-order chi connectivity index (χ0) is 23.3. The maximum Gasteiger partial charge on any atom is 0.274 e. The summed E-state index contributed by atoms with van der Waals surface area (Å²) in [6, 6.07) is 6.94. The van der Waals surface area contributed by atoms with Crippen molar-refractivity contribution in [3.05, 3.63) is 58.6 Å². The van der Waals surface area contributed by atoms with E-state index in [-0.39, 0.29) is 34.5 Å². The van der Waals surface area contributed by atoms with E-state index in [1.807, 2.05) is 0 Å². The second kappa shape index (κ2) is 7.81. The maximum atomic E-state index is 14.9. The third kappa shape index (κ3) is 3.67. The number of aliphatic imine (C=N–C) groups is 1. The van der Waals surface area contributed by atoms with Gasteiger partial charge in [-0.05, 0) is 62.9 Å². The molecule has 0 bridgehead atoms. The number of carbonyl (C=O) groups is 1. The number of hydrogen-bond donors (Lipinski definition) is 2. The number of nitrogens with one attached hydrogen (secondary N) is 1. The molecule has 1 aliphatic carbocycles. The topological polar surface area (TPSA) is 115 Å². The van der Waals surface area contributed by atoms with Gasteiger partial charge in [0.2, 0.25) is 0 Å². The van der Waals surface area contributed by atoms with E-state index in [1.165, 1.54) is 36.5 Å². The monoisotopic (exact) mass is 478 g/mol. The highest BCUT2D eigenvalue weighted by atomic mass is 35.5. The van der Waals surface area contributed by atoms with Crippen LogP contribution in [0.5, 0.6) is 0 Å². The van der Waals surface area contributed by atoms with Crippen molar-refractivity contribution in [3.63, 3.8) is 0 Å². The number of anilines is 1. The summed E-state index contributed by atoms with van der Waals surface area (Å²) in [5, 5.41) is 3.04. The van der Waals surface area contributed by atoms with Gasteiger partial charge in [0.15, 0.2) is 9.84 Å². The minimum absolute atomic E-state index is 0.00940. The van der Waals surface area contributed by atoms with Crippen LogP contribution >= 0.6 is 11.6 Å². The van der Waals surface area contributed by atoms with Gasteiger partial charge in [-0.1, -0.05) is 18.0 Å². The first-order valence-electron chi connectivity index (χ1n) is 10.3. The lowest BCUT2D eigenvalue weighted by atomic mass is 9.75. The average Bonchev–Trinajstić information content (AvgIpc) is 2.66. The molecule has 0 spiro atoms. The van der Waals surface area contributed by atoms with Crippen molar-refractivity contribution in [1.82, 2.24) is 4.98 Å². The molecule has 170 valence electrons. The first-order valence-corrected chi connectivity index (χ1v) is 12.3. The highest BCUT2D eigenvalue weighted by Gasteiger charge is 2.57. The molecule has 1 aromatic heterocycles. The summed E-state index contributed by atoms with van der Waals surface area (Å²) in [6.07, 6.45) is 3.85. The van der Waals surface area contributed by atoms with Gasteiger partial charge in [-0.2, -0.15) is 0 Å². The molecule has 1 amide bonds. The van der Waals surface area contributed by atoms with Crippen LogP contribution in [-0.2, 0) is 15.4 Å². The second-order valence-electron chi connectivity index (χ2n) is 8.78. The smallest absolute Gasteiger partial charge is 0.274 e. The first-order chi connectivity index (χ1) is 15.0.